The summed E-state index contributed by atoms with van der Waals surface area (Å²) < 4.78 is 0. The highest BCUT2D eigenvalue weighted by Gasteiger charge is 2.24. The number of nitrogens with one attached hydrogen (secondary N) is 2. The Morgan fingerprint density at radius 1 is 1.16 bits per heavy atom. The van der Waals surface area contributed by atoms with E-state index in [-0.39, 0.29) is 29.2 Å². The lowest BCUT2D eigenvalue weighted by Crippen LogP contribution is -2.49. The molecule has 2 amide bonds. The molecule has 1 heterocycles. The molecule has 6 nitrogen and oxygen atoms in total. The van der Waals surface area contributed by atoms with Crippen molar-refractivity contribution in [3.63, 3.8) is 0 Å². The van der Waals surface area contributed by atoms with Crippen molar-refractivity contribution in [2.24, 2.45) is 5.92 Å². The monoisotopic (exact) mass is 362 g/mol. The lowest BCUT2D eigenvalue weighted by molar-refractivity contribution is -0.123. The number of benzene rings is 1. The molecule has 0 aliphatic carbocycles. The van der Waals surface area contributed by atoms with Crippen LogP contribution in [0.2, 0.25) is 0 Å². The van der Waals surface area contributed by atoms with Gasteiger partial charge in [-0.25, -0.2) is 0 Å². The molecule has 0 bridgehead atoms. The van der Waals surface area contributed by atoms with Gasteiger partial charge < -0.3 is 20.8 Å². The van der Waals surface area contributed by atoms with Crippen LogP contribution in [0.5, 0.6) is 11.5 Å². The molecule has 2 rings (SSSR count). The molecule has 25 heavy (non-hydrogen) atoms. The molecule has 134 valence electrons. The topological polar surface area (TPSA) is 98.7 Å². The van der Waals surface area contributed by atoms with E-state index in [9.17, 15) is 19.8 Å². The zero-order valence-corrected chi connectivity index (χ0v) is 15.0. The smallest absolute Gasteiger partial charge is 0.262 e. The maximum absolute atomic E-state index is 12.4. The van der Waals surface area contributed by atoms with Gasteiger partial charge >= 0.3 is 0 Å². The molecular weight excluding hydrogens is 340 g/mol. The second-order valence-corrected chi connectivity index (χ2v) is 6.98. The Labute approximate surface area is 150 Å². The van der Waals surface area contributed by atoms with Gasteiger partial charge in [-0.1, -0.05) is 26.0 Å². The Bertz CT molecular complexity index is 729. The molecule has 0 radical (unpaired) electrons. The lowest BCUT2D eigenvalue weighted by atomic mass is 10.0. The minimum atomic E-state index is -0.622. The number of hydrogen-bond donors (Lipinski definition) is 4. The third-order valence-corrected chi connectivity index (χ3v) is 4.60. The Morgan fingerprint density at radius 3 is 2.52 bits per heavy atom. The average Bonchev–Trinajstić information content (AvgIpc) is 3.10. The number of hydrogen-bond acceptors (Lipinski definition) is 5. The second kappa shape index (κ2) is 8.53. The SMILES string of the molecule is CC(C)C(NC(=O)c1cccs1)C(=O)NCCc1ccc(O)c(O)c1. The van der Waals surface area contributed by atoms with E-state index in [4.69, 9.17) is 0 Å². The maximum Gasteiger partial charge on any atom is 0.262 e. The minimum absolute atomic E-state index is 0.0540. The molecule has 0 fully saturated rings. The van der Waals surface area contributed by atoms with E-state index < -0.39 is 6.04 Å². The standard InChI is InChI=1S/C18H22N2O4S/c1-11(2)16(20-17(23)15-4-3-9-25-15)18(24)19-8-7-12-5-6-13(21)14(22)10-12/h3-6,9-11,16,21-22H,7-8H2,1-2H3,(H,19,24)(H,20,23). The number of phenols is 2. The Kier molecular flexibility index (Phi) is 6.41. The van der Waals surface area contributed by atoms with Crippen molar-refractivity contribution in [1.82, 2.24) is 10.6 Å². The molecule has 0 aliphatic heterocycles. The van der Waals surface area contributed by atoms with E-state index in [0.29, 0.717) is 17.8 Å². The van der Waals surface area contributed by atoms with Gasteiger partial charge in [-0.15, -0.1) is 11.3 Å². The summed E-state index contributed by atoms with van der Waals surface area (Å²) in [6.45, 7) is 4.11. The van der Waals surface area contributed by atoms with E-state index in [1.54, 1.807) is 18.2 Å². The van der Waals surface area contributed by atoms with Gasteiger partial charge in [0.05, 0.1) is 4.88 Å². The highest BCUT2D eigenvalue weighted by atomic mass is 32.1. The number of amides is 2. The van der Waals surface area contributed by atoms with Crippen LogP contribution in [-0.2, 0) is 11.2 Å². The van der Waals surface area contributed by atoms with Crippen LogP contribution in [0.3, 0.4) is 0 Å². The van der Waals surface area contributed by atoms with Crippen molar-refractivity contribution in [1.29, 1.82) is 0 Å². The fourth-order valence-electron chi connectivity index (χ4n) is 2.32. The van der Waals surface area contributed by atoms with Crippen molar-refractivity contribution in [2.75, 3.05) is 6.54 Å². The van der Waals surface area contributed by atoms with Crippen LogP contribution >= 0.6 is 11.3 Å². The van der Waals surface area contributed by atoms with Gasteiger partial charge in [0.1, 0.15) is 6.04 Å². The summed E-state index contributed by atoms with van der Waals surface area (Å²) >= 11 is 1.33. The van der Waals surface area contributed by atoms with Crippen LogP contribution < -0.4 is 10.6 Å². The zero-order valence-electron chi connectivity index (χ0n) is 14.2. The van der Waals surface area contributed by atoms with E-state index in [1.165, 1.54) is 23.5 Å². The number of rotatable bonds is 7. The molecule has 0 aliphatic rings. The first-order valence-corrected chi connectivity index (χ1v) is 8.89. The highest BCUT2D eigenvalue weighted by molar-refractivity contribution is 7.12. The molecule has 7 heteroatoms. The fraction of sp³-hybridized carbons (Fsp3) is 0.333. The molecule has 2 aromatic rings. The summed E-state index contributed by atoms with van der Waals surface area (Å²) in [7, 11) is 0. The van der Waals surface area contributed by atoms with E-state index >= 15 is 0 Å². The predicted octanol–water partition coefficient (Wildman–Crippen LogP) is 2.27. The summed E-state index contributed by atoms with van der Waals surface area (Å²) in [5.41, 5.74) is 0.791. The van der Waals surface area contributed by atoms with Crippen molar-refractivity contribution in [3.05, 3.63) is 46.2 Å². The molecule has 4 N–H and O–H groups in total. The Morgan fingerprint density at radius 2 is 1.92 bits per heavy atom. The number of aromatic hydroxyl groups is 2. The first-order chi connectivity index (χ1) is 11.9. The van der Waals surface area contributed by atoms with Gasteiger partial charge in [0.25, 0.3) is 5.91 Å². The normalized spacial score (nSPS) is 12.0. The van der Waals surface area contributed by atoms with E-state index in [0.717, 1.165) is 5.56 Å². The van der Waals surface area contributed by atoms with Crippen molar-refractivity contribution in [3.8, 4) is 11.5 Å². The fourth-order valence-corrected chi connectivity index (χ4v) is 2.95. The molecule has 1 unspecified atom stereocenters. The average molecular weight is 362 g/mol. The van der Waals surface area contributed by atoms with Crippen LogP contribution in [0.15, 0.2) is 35.7 Å². The summed E-state index contributed by atoms with van der Waals surface area (Å²) in [6, 6.07) is 7.43. The number of thiophene rings is 1. The zero-order chi connectivity index (χ0) is 18.4. The number of carbonyl (C=O) groups excluding carboxylic acids is 2. The van der Waals surface area contributed by atoms with Crippen molar-refractivity contribution < 1.29 is 19.8 Å². The van der Waals surface area contributed by atoms with Gasteiger partial charge in [-0.05, 0) is 41.5 Å². The molecule has 0 saturated heterocycles. The van der Waals surface area contributed by atoms with Crippen LogP contribution in [0.1, 0.15) is 29.1 Å². The Hall–Kier alpha value is -2.54. The lowest BCUT2D eigenvalue weighted by Gasteiger charge is -2.21. The minimum Gasteiger partial charge on any atom is -0.504 e. The van der Waals surface area contributed by atoms with Crippen molar-refractivity contribution >= 4 is 23.2 Å². The number of phenolic OH excluding ortho intramolecular Hbond substituents is 2. The first-order valence-electron chi connectivity index (χ1n) is 8.01. The van der Waals surface area contributed by atoms with E-state index in [2.05, 4.69) is 10.6 Å². The van der Waals surface area contributed by atoms with E-state index in [1.807, 2.05) is 19.2 Å². The first kappa shape index (κ1) is 18.8. The summed E-state index contributed by atoms with van der Waals surface area (Å²) in [5.74, 6) is -0.923. The van der Waals surface area contributed by atoms with Crippen LogP contribution in [0.25, 0.3) is 0 Å². The van der Waals surface area contributed by atoms with Crippen molar-refractivity contribution in [2.45, 2.75) is 26.3 Å². The van der Waals surface area contributed by atoms with Gasteiger partial charge in [-0.2, -0.15) is 0 Å². The summed E-state index contributed by atoms with van der Waals surface area (Å²) in [6.07, 6.45) is 0.503. The van der Waals surface area contributed by atoms with Crippen LogP contribution in [-0.4, -0.2) is 34.6 Å². The molecule has 1 aromatic carbocycles. The second-order valence-electron chi connectivity index (χ2n) is 6.04. The maximum atomic E-state index is 12.4. The van der Waals surface area contributed by atoms with Crippen LogP contribution in [0.4, 0.5) is 0 Å². The molecule has 0 spiro atoms. The molecular formula is C18H22N2O4S. The number of carbonyl (C=O) groups is 2. The third kappa shape index (κ3) is 5.22. The Balaban J connectivity index is 1.89. The summed E-state index contributed by atoms with van der Waals surface area (Å²) in [4.78, 5) is 25.1. The van der Waals surface area contributed by atoms with Gasteiger partial charge in [-0.3, -0.25) is 9.59 Å². The largest absolute Gasteiger partial charge is 0.504 e. The van der Waals surface area contributed by atoms with Crippen LogP contribution in [0, 0.1) is 5.92 Å². The third-order valence-electron chi connectivity index (χ3n) is 3.73. The predicted molar refractivity (Wildman–Crippen MR) is 96.9 cm³/mol. The quantitative estimate of drug-likeness (QED) is 0.568. The molecule has 0 saturated carbocycles. The molecule has 1 aromatic heterocycles. The van der Waals surface area contributed by atoms with Gasteiger partial charge in [0, 0.05) is 6.54 Å². The summed E-state index contributed by atoms with van der Waals surface area (Å²) in [5, 5.41) is 26.2. The van der Waals surface area contributed by atoms with Gasteiger partial charge in [0.2, 0.25) is 5.91 Å². The highest BCUT2D eigenvalue weighted by Crippen LogP contribution is 2.24. The molecule has 1 atom stereocenters. The van der Waals surface area contributed by atoms with Gasteiger partial charge in [0.15, 0.2) is 11.5 Å².